The monoisotopic (exact) mass is 351 g/mol. The van der Waals surface area contributed by atoms with Gasteiger partial charge in [0.05, 0.1) is 18.1 Å². The SMILES string of the molecule is Cc1ccc(CN(C(=O)c2ccc(F)cc2)[C@H]2CCS(=O)(=O)C2)o1. The highest BCUT2D eigenvalue weighted by Crippen LogP contribution is 2.23. The third-order valence-electron chi connectivity index (χ3n) is 4.12. The van der Waals surface area contributed by atoms with Gasteiger partial charge in [0.25, 0.3) is 5.91 Å². The van der Waals surface area contributed by atoms with E-state index in [-0.39, 0.29) is 24.0 Å². The van der Waals surface area contributed by atoms with Crippen molar-refractivity contribution in [3.8, 4) is 0 Å². The molecule has 0 spiro atoms. The molecule has 1 aromatic carbocycles. The van der Waals surface area contributed by atoms with Crippen molar-refractivity contribution in [1.82, 2.24) is 4.90 Å². The van der Waals surface area contributed by atoms with Gasteiger partial charge in [-0.2, -0.15) is 0 Å². The lowest BCUT2D eigenvalue weighted by atomic mass is 10.1. The number of amides is 1. The molecule has 1 aliphatic rings. The Morgan fingerprint density at radius 1 is 1.25 bits per heavy atom. The number of hydrogen-bond donors (Lipinski definition) is 0. The van der Waals surface area contributed by atoms with Crippen LogP contribution in [0.4, 0.5) is 4.39 Å². The number of carbonyl (C=O) groups is 1. The molecular weight excluding hydrogens is 333 g/mol. The third kappa shape index (κ3) is 3.67. The summed E-state index contributed by atoms with van der Waals surface area (Å²) in [7, 11) is -3.13. The van der Waals surface area contributed by atoms with Crippen molar-refractivity contribution in [2.24, 2.45) is 0 Å². The molecule has 7 heteroatoms. The van der Waals surface area contributed by atoms with Crippen LogP contribution < -0.4 is 0 Å². The maximum absolute atomic E-state index is 13.1. The van der Waals surface area contributed by atoms with E-state index in [4.69, 9.17) is 4.42 Å². The van der Waals surface area contributed by atoms with Crippen LogP contribution in [0, 0.1) is 12.7 Å². The summed E-state index contributed by atoms with van der Waals surface area (Å²) in [6, 6.07) is 8.40. The Kier molecular flexibility index (Phi) is 4.45. The van der Waals surface area contributed by atoms with Crippen LogP contribution >= 0.6 is 0 Å². The predicted octanol–water partition coefficient (Wildman–Crippen LogP) is 2.56. The van der Waals surface area contributed by atoms with Gasteiger partial charge in [-0.05, 0) is 49.7 Å². The molecule has 1 aromatic heterocycles. The van der Waals surface area contributed by atoms with Crippen molar-refractivity contribution in [2.75, 3.05) is 11.5 Å². The molecule has 24 heavy (non-hydrogen) atoms. The lowest BCUT2D eigenvalue weighted by Crippen LogP contribution is -2.40. The fourth-order valence-electron chi connectivity index (χ4n) is 2.88. The summed E-state index contributed by atoms with van der Waals surface area (Å²) in [5.41, 5.74) is 0.323. The van der Waals surface area contributed by atoms with E-state index < -0.39 is 21.7 Å². The summed E-state index contributed by atoms with van der Waals surface area (Å²) in [5, 5.41) is 0. The van der Waals surface area contributed by atoms with Gasteiger partial charge in [-0.15, -0.1) is 0 Å². The second kappa shape index (κ2) is 6.39. The molecule has 0 aliphatic carbocycles. The topological polar surface area (TPSA) is 67.6 Å². The Labute approximate surface area is 140 Å². The third-order valence-corrected chi connectivity index (χ3v) is 5.87. The fourth-order valence-corrected chi connectivity index (χ4v) is 4.61. The van der Waals surface area contributed by atoms with E-state index in [0.29, 0.717) is 17.7 Å². The Hall–Kier alpha value is -2.15. The quantitative estimate of drug-likeness (QED) is 0.849. The van der Waals surface area contributed by atoms with E-state index in [1.807, 2.05) is 0 Å². The van der Waals surface area contributed by atoms with Gasteiger partial charge in [0.1, 0.15) is 17.3 Å². The normalized spacial score (nSPS) is 19.3. The molecule has 2 aromatic rings. The maximum atomic E-state index is 13.1. The molecule has 5 nitrogen and oxygen atoms in total. The molecule has 128 valence electrons. The van der Waals surface area contributed by atoms with E-state index in [1.54, 1.807) is 19.1 Å². The van der Waals surface area contributed by atoms with Crippen LogP contribution in [-0.2, 0) is 16.4 Å². The van der Waals surface area contributed by atoms with E-state index in [1.165, 1.54) is 29.2 Å². The number of halogens is 1. The number of rotatable bonds is 4. The minimum atomic E-state index is -3.13. The van der Waals surface area contributed by atoms with Crippen molar-refractivity contribution in [2.45, 2.75) is 25.9 Å². The first-order valence-corrected chi connectivity index (χ1v) is 9.48. The number of aryl methyl sites for hydroxylation is 1. The minimum absolute atomic E-state index is 0.0559. The molecule has 1 aliphatic heterocycles. The molecule has 0 saturated carbocycles. The van der Waals surface area contributed by atoms with Crippen LogP contribution in [0.3, 0.4) is 0 Å². The standard InChI is InChI=1S/C17H18FNO4S/c1-12-2-7-16(23-12)10-19(15-8-9-24(21,22)11-15)17(20)13-3-5-14(18)6-4-13/h2-7,15H,8-11H2,1H3/t15-/m0/s1. The van der Waals surface area contributed by atoms with Crippen molar-refractivity contribution >= 4 is 15.7 Å². The summed E-state index contributed by atoms with van der Waals surface area (Å²) < 4.78 is 42.2. The Balaban J connectivity index is 1.88. The summed E-state index contributed by atoms with van der Waals surface area (Å²) in [6.07, 6.45) is 0.398. The summed E-state index contributed by atoms with van der Waals surface area (Å²) in [6.45, 7) is 1.99. The van der Waals surface area contributed by atoms with E-state index in [0.717, 1.165) is 5.76 Å². The zero-order chi connectivity index (χ0) is 17.3. The number of carbonyl (C=O) groups excluding carboxylic acids is 1. The van der Waals surface area contributed by atoms with Crippen molar-refractivity contribution < 1.29 is 22.0 Å². The number of nitrogens with zero attached hydrogens (tertiary/aromatic N) is 1. The van der Waals surface area contributed by atoms with E-state index in [9.17, 15) is 17.6 Å². The largest absolute Gasteiger partial charge is 0.464 e. The van der Waals surface area contributed by atoms with Gasteiger partial charge in [-0.1, -0.05) is 0 Å². The highest BCUT2D eigenvalue weighted by Gasteiger charge is 2.35. The molecule has 0 radical (unpaired) electrons. The minimum Gasteiger partial charge on any atom is -0.464 e. The van der Waals surface area contributed by atoms with Crippen molar-refractivity contribution in [3.05, 3.63) is 59.3 Å². The first kappa shape index (κ1) is 16.7. The Morgan fingerprint density at radius 2 is 1.96 bits per heavy atom. The summed E-state index contributed by atoms with van der Waals surface area (Å²) in [4.78, 5) is 14.3. The molecule has 0 N–H and O–H groups in total. The van der Waals surface area contributed by atoms with Gasteiger partial charge in [0.15, 0.2) is 9.84 Å². The average Bonchev–Trinajstić information content (AvgIpc) is 3.10. The molecule has 1 saturated heterocycles. The zero-order valence-corrected chi connectivity index (χ0v) is 14.1. The molecule has 1 fully saturated rings. The summed E-state index contributed by atoms with van der Waals surface area (Å²) >= 11 is 0. The first-order valence-electron chi connectivity index (χ1n) is 7.66. The van der Waals surface area contributed by atoms with Gasteiger partial charge in [0.2, 0.25) is 0 Å². The lowest BCUT2D eigenvalue weighted by molar-refractivity contribution is 0.0665. The first-order chi connectivity index (χ1) is 11.3. The molecule has 2 heterocycles. The average molecular weight is 351 g/mol. The number of sulfone groups is 1. The van der Waals surface area contributed by atoms with Crippen LogP contribution in [0.1, 0.15) is 28.3 Å². The van der Waals surface area contributed by atoms with Gasteiger partial charge >= 0.3 is 0 Å². The van der Waals surface area contributed by atoms with Gasteiger partial charge in [0, 0.05) is 11.6 Å². The molecular formula is C17H18FNO4S. The second-order valence-corrected chi connectivity index (χ2v) is 8.24. The number of furan rings is 1. The molecule has 0 unspecified atom stereocenters. The van der Waals surface area contributed by atoms with Crippen LogP contribution in [0.15, 0.2) is 40.8 Å². The van der Waals surface area contributed by atoms with Crippen LogP contribution in [0.5, 0.6) is 0 Å². The van der Waals surface area contributed by atoms with Gasteiger partial charge < -0.3 is 9.32 Å². The van der Waals surface area contributed by atoms with Gasteiger partial charge in [-0.3, -0.25) is 4.79 Å². The molecule has 0 bridgehead atoms. The molecule has 1 amide bonds. The Morgan fingerprint density at radius 3 is 2.50 bits per heavy atom. The maximum Gasteiger partial charge on any atom is 0.254 e. The van der Waals surface area contributed by atoms with Gasteiger partial charge in [-0.25, -0.2) is 12.8 Å². The smallest absolute Gasteiger partial charge is 0.254 e. The lowest BCUT2D eigenvalue weighted by Gasteiger charge is -2.27. The highest BCUT2D eigenvalue weighted by molar-refractivity contribution is 7.91. The fraction of sp³-hybridized carbons (Fsp3) is 0.353. The van der Waals surface area contributed by atoms with Crippen molar-refractivity contribution in [3.63, 3.8) is 0 Å². The molecule has 3 rings (SSSR count). The molecule has 1 atom stereocenters. The number of hydrogen-bond acceptors (Lipinski definition) is 4. The highest BCUT2D eigenvalue weighted by atomic mass is 32.2. The summed E-state index contributed by atoms with van der Waals surface area (Å²) in [5.74, 6) is 0.571. The van der Waals surface area contributed by atoms with Crippen molar-refractivity contribution in [1.29, 1.82) is 0 Å². The Bertz CT molecular complexity index is 842. The van der Waals surface area contributed by atoms with E-state index >= 15 is 0 Å². The van der Waals surface area contributed by atoms with E-state index in [2.05, 4.69) is 0 Å². The number of benzene rings is 1. The van der Waals surface area contributed by atoms with Crippen LogP contribution in [0.25, 0.3) is 0 Å². The predicted molar refractivity (Wildman–Crippen MR) is 86.8 cm³/mol. The zero-order valence-electron chi connectivity index (χ0n) is 13.2. The second-order valence-electron chi connectivity index (χ2n) is 6.01. The van der Waals surface area contributed by atoms with Crippen LogP contribution in [0.2, 0.25) is 0 Å². The van der Waals surface area contributed by atoms with Crippen LogP contribution in [-0.4, -0.2) is 36.8 Å².